The molecule has 4 aromatic carbocycles. The minimum Gasteiger partial charge on any atom is -0.496 e. The molecule has 6 aromatic rings. The molecule has 59 heavy (non-hydrogen) atoms. The van der Waals surface area contributed by atoms with E-state index in [1.54, 1.807) is 69.6 Å². The number of anilines is 4. The maximum atomic E-state index is 14.3. The second-order valence-electron chi connectivity index (χ2n) is 12.8. The summed E-state index contributed by atoms with van der Waals surface area (Å²) in [6, 6.07) is 16.5. The van der Waals surface area contributed by atoms with Gasteiger partial charge in [-0.05, 0) is 64.3 Å². The summed E-state index contributed by atoms with van der Waals surface area (Å²) in [4.78, 5) is 39.9. The standard InChI is InChI=1S/C20H21ClFN5O2.C17H14Cl2FN3O.C3H8N2O/c1-11(27(2)9-18(23)28)12-7-13-16(8-17(12)29-3)24-10-25-20(13)26-15-6-4-5-14(21)19(15)22;1-9(18)10-6-11-14(7-15(10)24-2)21-8-22-17(11)23-13-5-3-4-12(19)16(13)20;1-5-2-3(4)6/h4-8,10-11H,9H2,1-3H3,(H2,23,28)(H,24,25,26);3-9H,1-2H3,(H,21,22,23);5H,2H2,1H3,(H2,4,6). The van der Waals surface area contributed by atoms with Crippen molar-refractivity contribution in [1.82, 2.24) is 30.2 Å². The number of nitrogens with two attached hydrogens (primary N) is 2. The second-order valence-corrected chi connectivity index (χ2v) is 14.3. The fraction of sp³-hybridized carbons (Fsp3) is 0.250. The molecular weight excluding hydrogens is 829 g/mol. The summed E-state index contributed by atoms with van der Waals surface area (Å²) in [7, 11) is 6.60. The number of halogens is 5. The van der Waals surface area contributed by atoms with E-state index in [2.05, 4.69) is 35.9 Å². The number of alkyl halides is 1. The number of amides is 2. The predicted octanol–water partition coefficient (Wildman–Crippen LogP) is 7.82. The van der Waals surface area contributed by atoms with Crippen molar-refractivity contribution in [3.05, 3.63) is 106 Å². The molecular formula is C40H43Cl3F2N10O4. The predicted molar refractivity (Wildman–Crippen MR) is 229 cm³/mol. The number of fused-ring (bicyclic) bond motifs is 2. The number of carbonyl (C=O) groups excluding carboxylic acids is 2. The summed E-state index contributed by atoms with van der Waals surface area (Å²) in [6.07, 6.45) is 2.78. The zero-order valence-corrected chi connectivity index (χ0v) is 35.2. The number of benzene rings is 4. The molecule has 2 atom stereocenters. The van der Waals surface area contributed by atoms with E-state index in [1.807, 2.05) is 26.0 Å². The van der Waals surface area contributed by atoms with E-state index in [0.717, 1.165) is 11.1 Å². The Bertz CT molecular complexity index is 2430. The van der Waals surface area contributed by atoms with E-state index in [-0.39, 0.29) is 51.8 Å². The van der Waals surface area contributed by atoms with Gasteiger partial charge in [-0.15, -0.1) is 11.6 Å². The largest absolute Gasteiger partial charge is 0.496 e. The third-order valence-corrected chi connectivity index (χ3v) is 9.50. The van der Waals surface area contributed by atoms with Crippen molar-refractivity contribution in [2.24, 2.45) is 11.5 Å². The Hall–Kier alpha value is -5.65. The summed E-state index contributed by atoms with van der Waals surface area (Å²) in [5, 5.41) is 9.70. The first kappa shape index (κ1) is 46.0. The molecule has 14 nitrogen and oxygen atoms in total. The van der Waals surface area contributed by atoms with Gasteiger partial charge < -0.3 is 36.9 Å². The lowest BCUT2D eigenvalue weighted by Gasteiger charge is -2.25. The highest BCUT2D eigenvalue weighted by Crippen LogP contribution is 2.37. The molecule has 0 fully saturated rings. The van der Waals surface area contributed by atoms with Crippen molar-refractivity contribution in [3.63, 3.8) is 0 Å². The van der Waals surface area contributed by atoms with Crippen molar-refractivity contribution >= 4 is 91.4 Å². The lowest BCUT2D eigenvalue weighted by atomic mass is 10.0. The normalized spacial score (nSPS) is 11.8. The van der Waals surface area contributed by atoms with Gasteiger partial charge in [0.15, 0.2) is 11.6 Å². The number of primary amides is 2. The Morgan fingerprint density at radius 2 is 1.22 bits per heavy atom. The summed E-state index contributed by atoms with van der Waals surface area (Å²) in [6.45, 7) is 4.13. The molecule has 7 N–H and O–H groups in total. The molecule has 0 spiro atoms. The molecule has 2 aromatic heterocycles. The number of likely N-dealkylation sites (N-methyl/N-ethyl adjacent to an activating group) is 2. The number of nitrogens with one attached hydrogen (secondary N) is 3. The molecule has 0 saturated carbocycles. The topological polar surface area (TPSA) is 196 Å². The van der Waals surface area contributed by atoms with E-state index >= 15 is 0 Å². The van der Waals surface area contributed by atoms with Gasteiger partial charge in [-0.25, -0.2) is 28.7 Å². The van der Waals surface area contributed by atoms with E-state index in [9.17, 15) is 18.4 Å². The molecule has 0 aliphatic carbocycles. The van der Waals surface area contributed by atoms with Gasteiger partial charge in [0.05, 0.1) is 65.1 Å². The number of ether oxygens (including phenoxy) is 2. The molecule has 0 aliphatic heterocycles. The van der Waals surface area contributed by atoms with Crippen LogP contribution >= 0.6 is 34.8 Å². The number of hydrogen-bond donors (Lipinski definition) is 5. The fourth-order valence-corrected chi connectivity index (χ4v) is 6.16. The molecule has 0 radical (unpaired) electrons. The van der Waals surface area contributed by atoms with Crippen LogP contribution in [0.3, 0.4) is 0 Å². The fourth-order valence-electron chi connectivity index (χ4n) is 5.64. The SMILES string of the molecule is CNCC(N)=O.COc1cc2ncnc(Nc3cccc(Cl)c3F)c2cc1C(C)Cl.COc1cc2ncnc(Nc3cccc(Cl)c3F)c2cc1C(C)N(C)CC(N)=O. The van der Waals surface area contributed by atoms with E-state index in [4.69, 9.17) is 55.7 Å². The lowest BCUT2D eigenvalue weighted by molar-refractivity contribution is -0.119. The van der Waals surface area contributed by atoms with E-state index in [1.165, 1.54) is 24.8 Å². The van der Waals surface area contributed by atoms with Crippen LogP contribution in [-0.2, 0) is 9.59 Å². The van der Waals surface area contributed by atoms with Gasteiger partial charge >= 0.3 is 0 Å². The lowest BCUT2D eigenvalue weighted by Crippen LogP contribution is -2.32. The van der Waals surface area contributed by atoms with E-state index in [0.29, 0.717) is 44.9 Å². The minimum absolute atomic E-state index is 0.0115. The van der Waals surface area contributed by atoms with Crippen molar-refractivity contribution in [1.29, 1.82) is 0 Å². The maximum Gasteiger partial charge on any atom is 0.231 e. The van der Waals surface area contributed by atoms with Crippen LogP contribution < -0.4 is 36.9 Å². The zero-order valence-electron chi connectivity index (χ0n) is 32.9. The Kier molecular flexibility index (Phi) is 16.7. The average molecular weight is 872 g/mol. The first-order chi connectivity index (χ1) is 28.1. The smallest absolute Gasteiger partial charge is 0.231 e. The zero-order chi connectivity index (χ0) is 43.4. The number of carbonyl (C=O) groups is 2. The second kappa shape index (κ2) is 21.4. The summed E-state index contributed by atoms with van der Waals surface area (Å²) in [5.41, 5.74) is 13.4. The van der Waals surface area contributed by atoms with Crippen LogP contribution in [-0.4, -0.2) is 78.1 Å². The van der Waals surface area contributed by atoms with Crippen molar-refractivity contribution in [2.45, 2.75) is 25.3 Å². The van der Waals surface area contributed by atoms with Crippen molar-refractivity contribution in [3.8, 4) is 11.5 Å². The van der Waals surface area contributed by atoms with Crippen LogP contribution in [0.2, 0.25) is 10.0 Å². The number of hydrogen-bond acceptors (Lipinski definition) is 12. The Balaban J connectivity index is 0.000000232. The van der Waals surface area contributed by atoms with Gasteiger partial charge in [0.1, 0.15) is 35.8 Å². The molecule has 0 bridgehead atoms. The third-order valence-electron chi connectivity index (χ3n) is 8.68. The Morgan fingerprint density at radius 3 is 1.61 bits per heavy atom. The molecule has 2 unspecified atom stereocenters. The third kappa shape index (κ3) is 12.0. The monoisotopic (exact) mass is 870 g/mol. The van der Waals surface area contributed by atoms with Crippen LogP contribution in [0, 0.1) is 11.6 Å². The summed E-state index contributed by atoms with van der Waals surface area (Å²) < 4.78 is 39.4. The van der Waals surface area contributed by atoms with Crippen molar-refractivity contribution < 1.29 is 27.8 Å². The van der Waals surface area contributed by atoms with Crippen LogP contribution in [0.25, 0.3) is 21.8 Å². The highest BCUT2D eigenvalue weighted by molar-refractivity contribution is 6.31. The molecule has 2 amide bonds. The number of nitrogens with zero attached hydrogens (tertiary/aromatic N) is 5. The van der Waals surface area contributed by atoms with Gasteiger partial charge in [0.2, 0.25) is 11.8 Å². The number of methoxy groups -OCH3 is 2. The van der Waals surface area contributed by atoms with E-state index < -0.39 is 17.5 Å². The minimum atomic E-state index is -0.566. The summed E-state index contributed by atoms with van der Waals surface area (Å²) >= 11 is 17.9. The van der Waals surface area contributed by atoms with Gasteiger partial charge in [-0.3, -0.25) is 14.5 Å². The highest BCUT2D eigenvalue weighted by Gasteiger charge is 2.21. The van der Waals surface area contributed by atoms with Crippen LogP contribution in [0.4, 0.5) is 31.8 Å². The first-order valence-corrected chi connectivity index (χ1v) is 18.9. The Labute approximate surface area is 354 Å². The van der Waals surface area contributed by atoms with Gasteiger partial charge in [0, 0.05) is 40.1 Å². The van der Waals surface area contributed by atoms with Gasteiger partial charge in [0.25, 0.3) is 0 Å². The molecule has 0 saturated heterocycles. The van der Waals surface area contributed by atoms with Gasteiger partial charge in [-0.2, -0.15) is 0 Å². The average Bonchev–Trinajstić information content (AvgIpc) is 3.20. The first-order valence-electron chi connectivity index (χ1n) is 17.7. The van der Waals surface area contributed by atoms with Crippen LogP contribution in [0.5, 0.6) is 11.5 Å². The van der Waals surface area contributed by atoms with Crippen LogP contribution in [0.15, 0.2) is 73.3 Å². The van der Waals surface area contributed by atoms with Gasteiger partial charge in [-0.1, -0.05) is 35.3 Å². The number of rotatable bonds is 13. The molecule has 0 aliphatic rings. The molecule has 6 rings (SSSR count). The highest BCUT2D eigenvalue weighted by atomic mass is 35.5. The quantitative estimate of drug-likeness (QED) is 0.0708. The number of aromatic nitrogens is 4. The van der Waals surface area contributed by atoms with Crippen molar-refractivity contribution in [2.75, 3.05) is 52.0 Å². The maximum absolute atomic E-state index is 14.3. The summed E-state index contributed by atoms with van der Waals surface area (Å²) in [5.74, 6) is 0.282. The van der Waals surface area contributed by atoms with Crippen LogP contribution in [0.1, 0.15) is 36.4 Å². The molecule has 312 valence electrons. The molecule has 2 heterocycles. The molecule has 19 heteroatoms. The Morgan fingerprint density at radius 1 is 0.763 bits per heavy atom.